The van der Waals surface area contributed by atoms with E-state index in [1.165, 1.54) is 17.3 Å². The first-order valence-corrected chi connectivity index (χ1v) is 6.27. The van der Waals surface area contributed by atoms with E-state index in [2.05, 4.69) is 10.2 Å². The van der Waals surface area contributed by atoms with Crippen molar-refractivity contribution in [1.29, 1.82) is 0 Å². The van der Waals surface area contributed by atoms with Gasteiger partial charge in [0.2, 0.25) is 0 Å². The topological polar surface area (TPSA) is 46.1 Å². The highest BCUT2D eigenvalue weighted by atomic mass is 32.1. The van der Waals surface area contributed by atoms with Crippen molar-refractivity contribution in [3.63, 3.8) is 0 Å². The van der Waals surface area contributed by atoms with E-state index in [4.69, 9.17) is 0 Å². The third kappa shape index (κ3) is 2.88. The Morgan fingerprint density at radius 1 is 1.41 bits per heavy atom. The number of amides is 1. The van der Waals surface area contributed by atoms with E-state index in [0.717, 1.165) is 0 Å². The number of thiophene rings is 1. The Morgan fingerprint density at radius 3 is 2.88 bits per heavy atom. The fourth-order valence-corrected chi connectivity index (χ4v) is 2.24. The molecule has 0 bridgehead atoms. The van der Waals surface area contributed by atoms with Gasteiger partial charge in [-0.05, 0) is 24.4 Å². The zero-order valence-corrected chi connectivity index (χ0v) is 10.4. The maximum absolute atomic E-state index is 12.2. The summed E-state index contributed by atoms with van der Waals surface area (Å²) in [7, 11) is 0. The predicted octanol–water partition coefficient (Wildman–Crippen LogP) is 2.20. The van der Waals surface area contributed by atoms with Gasteiger partial charge in [0, 0.05) is 11.4 Å². The molecular formula is C12H13N3OS. The summed E-state index contributed by atoms with van der Waals surface area (Å²) in [5.74, 6) is -0.00389. The van der Waals surface area contributed by atoms with Crippen molar-refractivity contribution < 1.29 is 4.79 Å². The van der Waals surface area contributed by atoms with Crippen LogP contribution in [0.4, 0.5) is 0 Å². The zero-order valence-electron chi connectivity index (χ0n) is 9.54. The summed E-state index contributed by atoms with van der Waals surface area (Å²) in [5.41, 5.74) is 0.582. The van der Waals surface area contributed by atoms with Gasteiger partial charge in [0.05, 0.1) is 24.5 Å². The van der Waals surface area contributed by atoms with Crippen LogP contribution >= 0.6 is 11.3 Å². The molecule has 0 fully saturated rings. The van der Waals surface area contributed by atoms with Crippen molar-refractivity contribution in [3.05, 3.63) is 46.4 Å². The molecule has 1 amide bonds. The summed E-state index contributed by atoms with van der Waals surface area (Å²) in [5, 5.41) is 9.41. The number of carbonyl (C=O) groups excluding carboxylic acids is 1. The SMILES string of the molecule is CCN(Cc1cccs1)C(=O)c1ccnnc1. The van der Waals surface area contributed by atoms with Gasteiger partial charge in [-0.25, -0.2) is 0 Å². The lowest BCUT2D eigenvalue weighted by atomic mass is 10.2. The first kappa shape index (κ1) is 11.7. The largest absolute Gasteiger partial charge is 0.334 e. The molecule has 4 nitrogen and oxygen atoms in total. The van der Waals surface area contributed by atoms with E-state index < -0.39 is 0 Å². The van der Waals surface area contributed by atoms with Crippen LogP contribution in [0.2, 0.25) is 0 Å². The molecule has 0 atom stereocenters. The van der Waals surface area contributed by atoms with Crippen molar-refractivity contribution in [2.45, 2.75) is 13.5 Å². The Kier molecular flexibility index (Phi) is 3.82. The third-order valence-electron chi connectivity index (χ3n) is 2.43. The van der Waals surface area contributed by atoms with Gasteiger partial charge < -0.3 is 4.90 Å². The fraction of sp³-hybridized carbons (Fsp3) is 0.250. The average Bonchev–Trinajstić information content (AvgIpc) is 2.89. The molecule has 17 heavy (non-hydrogen) atoms. The molecule has 0 saturated carbocycles. The smallest absolute Gasteiger partial charge is 0.255 e. The molecular weight excluding hydrogens is 234 g/mol. The van der Waals surface area contributed by atoms with Gasteiger partial charge in [-0.3, -0.25) is 4.79 Å². The summed E-state index contributed by atoms with van der Waals surface area (Å²) in [6.07, 6.45) is 3.03. The summed E-state index contributed by atoms with van der Waals surface area (Å²) in [6.45, 7) is 3.30. The van der Waals surface area contributed by atoms with Crippen molar-refractivity contribution in [2.75, 3.05) is 6.54 Å². The number of aromatic nitrogens is 2. The summed E-state index contributed by atoms with van der Waals surface area (Å²) in [6, 6.07) is 5.71. The minimum Gasteiger partial charge on any atom is -0.334 e. The van der Waals surface area contributed by atoms with Gasteiger partial charge in [-0.1, -0.05) is 6.07 Å². The summed E-state index contributed by atoms with van der Waals surface area (Å²) >= 11 is 1.66. The van der Waals surface area contributed by atoms with Crippen molar-refractivity contribution >= 4 is 17.2 Å². The number of rotatable bonds is 4. The molecule has 0 aliphatic carbocycles. The summed E-state index contributed by atoms with van der Waals surface area (Å²) < 4.78 is 0. The molecule has 88 valence electrons. The zero-order chi connectivity index (χ0) is 12.1. The number of hydrogen-bond donors (Lipinski definition) is 0. The van der Waals surface area contributed by atoms with Crippen LogP contribution in [-0.4, -0.2) is 27.5 Å². The first-order chi connectivity index (χ1) is 8.31. The molecule has 0 saturated heterocycles. The Morgan fingerprint density at radius 2 is 2.29 bits per heavy atom. The number of carbonyl (C=O) groups is 1. The van der Waals surface area contributed by atoms with Crippen LogP contribution in [0.15, 0.2) is 36.0 Å². The van der Waals surface area contributed by atoms with Crippen molar-refractivity contribution in [2.24, 2.45) is 0 Å². The molecule has 0 unspecified atom stereocenters. The maximum atomic E-state index is 12.2. The molecule has 2 heterocycles. The second-order valence-corrected chi connectivity index (χ2v) is 4.56. The van der Waals surface area contributed by atoms with Crippen LogP contribution in [-0.2, 0) is 6.54 Å². The normalized spacial score (nSPS) is 10.2. The highest BCUT2D eigenvalue weighted by Gasteiger charge is 2.14. The lowest BCUT2D eigenvalue weighted by Gasteiger charge is -2.19. The molecule has 2 aromatic rings. The molecule has 0 spiro atoms. The second-order valence-electron chi connectivity index (χ2n) is 3.53. The van der Waals surface area contributed by atoms with Gasteiger partial charge in [-0.2, -0.15) is 10.2 Å². The van der Waals surface area contributed by atoms with E-state index in [1.807, 2.05) is 24.4 Å². The Balaban J connectivity index is 2.11. The van der Waals surface area contributed by atoms with Gasteiger partial charge in [-0.15, -0.1) is 11.3 Å². The highest BCUT2D eigenvalue weighted by molar-refractivity contribution is 7.09. The van der Waals surface area contributed by atoms with Crippen molar-refractivity contribution in [1.82, 2.24) is 15.1 Å². The van der Waals surface area contributed by atoms with Crippen LogP contribution in [0.5, 0.6) is 0 Å². The van der Waals surface area contributed by atoms with Gasteiger partial charge in [0.1, 0.15) is 0 Å². The van der Waals surface area contributed by atoms with Crippen LogP contribution < -0.4 is 0 Å². The molecule has 0 radical (unpaired) electrons. The Labute approximate surface area is 104 Å². The third-order valence-corrected chi connectivity index (χ3v) is 3.29. The Bertz CT molecular complexity index is 470. The van der Waals surface area contributed by atoms with Crippen LogP contribution in [0.1, 0.15) is 22.2 Å². The summed E-state index contributed by atoms with van der Waals surface area (Å²) in [4.78, 5) is 15.1. The van der Waals surface area contributed by atoms with Gasteiger partial charge >= 0.3 is 0 Å². The second kappa shape index (κ2) is 5.54. The molecule has 2 rings (SSSR count). The number of hydrogen-bond acceptors (Lipinski definition) is 4. The van der Waals surface area contributed by atoms with E-state index in [-0.39, 0.29) is 5.91 Å². The molecule has 0 aliphatic heterocycles. The molecule has 0 N–H and O–H groups in total. The molecule has 5 heteroatoms. The molecule has 0 aromatic carbocycles. The minimum atomic E-state index is -0.00389. The minimum absolute atomic E-state index is 0.00389. The molecule has 2 aromatic heterocycles. The van der Waals surface area contributed by atoms with E-state index in [0.29, 0.717) is 18.7 Å². The standard InChI is InChI=1S/C12H13N3OS/c1-2-15(9-11-4-3-7-17-11)12(16)10-5-6-13-14-8-10/h3-8H,2,9H2,1H3. The highest BCUT2D eigenvalue weighted by Crippen LogP contribution is 2.13. The van der Waals surface area contributed by atoms with Gasteiger partial charge in [0.25, 0.3) is 5.91 Å². The monoisotopic (exact) mass is 247 g/mol. The first-order valence-electron chi connectivity index (χ1n) is 5.39. The van der Waals surface area contributed by atoms with Crippen molar-refractivity contribution in [3.8, 4) is 0 Å². The van der Waals surface area contributed by atoms with Crippen LogP contribution in [0.25, 0.3) is 0 Å². The fourth-order valence-electron chi connectivity index (χ4n) is 1.52. The Hall–Kier alpha value is -1.75. The lowest BCUT2D eigenvalue weighted by molar-refractivity contribution is 0.0753. The van der Waals surface area contributed by atoms with Crippen LogP contribution in [0.3, 0.4) is 0 Å². The van der Waals surface area contributed by atoms with E-state index in [1.54, 1.807) is 22.3 Å². The predicted molar refractivity (Wildman–Crippen MR) is 66.8 cm³/mol. The number of nitrogens with zero attached hydrogens (tertiary/aromatic N) is 3. The van der Waals surface area contributed by atoms with Crippen LogP contribution in [0, 0.1) is 0 Å². The molecule has 0 aliphatic rings. The maximum Gasteiger partial charge on any atom is 0.255 e. The van der Waals surface area contributed by atoms with E-state index in [9.17, 15) is 4.79 Å². The quantitative estimate of drug-likeness (QED) is 0.832. The van der Waals surface area contributed by atoms with E-state index >= 15 is 0 Å². The average molecular weight is 247 g/mol. The lowest BCUT2D eigenvalue weighted by Crippen LogP contribution is -2.30. The van der Waals surface area contributed by atoms with Gasteiger partial charge in [0.15, 0.2) is 0 Å².